The van der Waals surface area contributed by atoms with Crippen LogP contribution in [0.5, 0.6) is 5.75 Å². The maximum atomic E-state index is 16.0. The highest BCUT2D eigenvalue weighted by molar-refractivity contribution is 5.93. The average Bonchev–Trinajstić information content (AvgIpc) is 3.44. The molecule has 33 heavy (non-hydrogen) atoms. The molecule has 0 saturated carbocycles. The minimum atomic E-state index is -0.254. The van der Waals surface area contributed by atoms with Crippen molar-refractivity contribution in [3.05, 3.63) is 36.2 Å². The molecule has 4 aromatic rings. The molecule has 0 aromatic carbocycles. The number of anilines is 1. The van der Waals surface area contributed by atoms with Gasteiger partial charge in [0.25, 0.3) is 0 Å². The Balaban J connectivity index is 1.62. The van der Waals surface area contributed by atoms with Gasteiger partial charge in [-0.25, -0.2) is 18.9 Å². The molecule has 0 amide bonds. The number of aromatic nitrogens is 5. The molecule has 9 heteroatoms. The second-order valence-electron chi connectivity index (χ2n) is 9.26. The Morgan fingerprint density at radius 3 is 2.64 bits per heavy atom. The number of pyridine rings is 2. The molecule has 5 rings (SSSR count). The lowest BCUT2D eigenvalue weighted by Crippen LogP contribution is -2.42. The highest BCUT2D eigenvalue weighted by Crippen LogP contribution is 2.40. The third-order valence-electron chi connectivity index (χ3n) is 6.72. The lowest BCUT2D eigenvalue weighted by Gasteiger charge is -2.36. The Morgan fingerprint density at radius 2 is 1.97 bits per heavy atom. The summed E-state index contributed by atoms with van der Waals surface area (Å²) in [5, 5.41) is 4.88. The number of methoxy groups -OCH3 is 1. The van der Waals surface area contributed by atoms with Crippen LogP contribution in [0.15, 0.2) is 24.8 Å². The summed E-state index contributed by atoms with van der Waals surface area (Å²) < 4.78 is 23.2. The quantitative estimate of drug-likeness (QED) is 0.493. The Hall–Kier alpha value is -3.20. The van der Waals surface area contributed by atoms with E-state index in [4.69, 9.17) is 4.74 Å². The molecule has 0 unspecified atom stereocenters. The van der Waals surface area contributed by atoms with Crippen LogP contribution in [0.4, 0.5) is 10.2 Å². The second-order valence-corrected chi connectivity index (χ2v) is 9.26. The molecule has 0 spiro atoms. The van der Waals surface area contributed by atoms with E-state index in [0.29, 0.717) is 34.2 Å². The van der Waals surface area contributed by atoms with Crippen LogP contribution in [0.2, 0.25) is 0 Å². The summed E-state index contributed by atoms with van der Waals surface area (Å²) in [7, 11) is 5.82. The first kappa shape index (κ1) is 21.6. The highest BCUT2D eigenvalue weighted by atomic mass is 19.1. The van der Waals surface area contributed by atoms with Gasteiger partial charge in [0.2, 0.25) is 0 Å². The minimum Gasteiger partial charge on any atom is -0.493 e. The number of piperidine rings is 1. The van der Waals surface area contributed by atoms with Gasteiger partial charge >= 0.3 is 0 Å². The van der Waals surface area contributed by atoms with Crippen molar-refractivity contribution < 1.29 is 9.13 Å². The maximum absolute atomic E-state index is 16.0. The molecule has 0 aliphatic carbocycles. The first-order valence-corrected chi connectivity index (χ1v) is 11.4. The molecule has 0 radical (unpaired) electrons. The third kappa shape index (κ3) is 3.60. The van der Waals surface area contributed by atoms with Gasteiger partial charge in [0.05, 0.1) is 24.5 Å². The van der Waals surface area contributed by atoms with Crippen molar-refractivity contribution in [2.24, 2.45) is 0 Å². The van der Waals surface area contributed by atoms with E-state index in [0.717, 1.165) is 42.8 Å². The van der Waals surface area contributed by atoms with Crippen molar-refractivity contribution >= 4 is 22.4 Å². The SMILES string of the molecule is COc1cc(-c2[nH]c3cnc(N4CCC(N(C)C)CC4)c(F)c3c2C(C)C)cn2ncnc12. The van der Waals surface area contributed by atoms with Crippen LogP contribution < -0.4 is 9.64 Å². The van der Waals surface area contributed by atoms with Crippen molar-refractivity contribution in [1.29, 1.82) is 0 Å². The summed E-state index contributed by atoms with van der Waals surface area (Å²) in [5.74, 6) is 0.893. The van der Waals surface area contributed by atoms with Gasteiger partial charge in [0.1, 0.15) is 6.33 Å². The smallest absolute Gasteiger partial charge is 0.197 e. The number of nitrogens with zero attached hydrogens (tertiary/aromatic N) is 6. The number of aromatic amines is 1. The molecular weight excluding hydrogens is 421 g/mol. The molecule has 1 saturated heterocycles. The number of halogens is 1. The van der Waals surface area contributed by atoms with Crippen LogP contribution in [0, 0.1) is 5.82 Å². The summed E-state index contributed by atoms with van der Waals surface area (Å²) in [6.45, 7) is 5.76. The number of nitrogens with one attached hydrogen (secondary N) is 1. The van der Waals surface area contributed by atoms with Crippen molar-refractivity contribution in [1.82, 2.24) is 29.5 Å². The summed E-state index contributed by atoms with van der Waals surface area (Å²) in [4.78, 5) is 16.5. The number of fused-ring (bicyclic) bond motifs is 2. The molecule has 0 bridgehead atoms. The maximum Gasteiger partial charge on any atom is 0.197 e. The molecule has 1 N–H and O–H groups in total. The van der Waals surface area contributed by atoms with E-state index in [9.17, 15) is 0 Å². The lowest BCUT2D eigenvalue weighted by molar-refractivity contribution is 0.249. The van der Waals surface area contributed by atoms with Gasteiger partial charge in [-0.2, -0.15) is 5.10 Å². The van der Waals surface area contributed by atoms with E-state index < -0.39 is 0 Å². The molecule has 4 aromatic heterocycles. The number of hydrogen-bond acceptors (Lipinski definition) is 6. The van der Waals surface area contributed by atoms with Crippen LogP contribution in [0.3, 0.4) is 0 Å². The Labute approximate surface area is 192 Å². The van der Waals surface area contributed by atoms with Crippen molar-refractivity contribution in [2.45, 2.75) is 38.6 Å². The fourth-order valence-corrected chi connectivity index (χ4v) is 4.96. The van der Waals surface area contributed by atoms with Crippen molar-refractivity contribution in [3.63, 3.8) is 0 Å². The van der Waals surface area contributed by atoms with E-state index in [1.807, 2.05) is 12.3 Å². The standard InChI is InChI=1S/C24H30FN7O/c1-14(2)19-20-17(11-26-24(21(20)25)31-8-6-16(7-9-31)30(3)4)29-22(19)15-10-18(33-5)23-27-13-28-32(23)12-15/h10-14,16,29H,6-9H2,1-5H3. The van der Waals surface area contributed by atoms with E-state index in [1.165, 1.54) is 6.33 Å². The Bertz CT molecular complexity index is 1300. The molecule has 1 aliphatic heterocycles. The van der Waals surface area contributed by atoms with E-state index in [-0.39, 0.29) is 11.7 Å². The normalized spacial score (nSPS) is 15.5. The average molecular weight is 452 g/mol. The van der Waals surface area contributed by atoms with E-state index in [2.05, 4.69) is 57.8 Å². The van der Waals surface area contributed by atoms with Crippen LogP contribution in [-0.2, 0) is 0 Å². The van der Waals surface area contributed by atoms with Crippen LogP contribution in [-0.4, -0.2) is 69.8 Å². The highest BCUT2D eigenvalue weighted by Gasteiger charge is 2.27. The van der Waals surface area contributed by atoms with Gasteiger partial charge in [-0.1, -0.05) is 13.8 Å². The van der Waals surface area contributed by atoms with E-state index in [1.54, 1.807) is 17.8 Å². The van der Waals surface area contributed by atoms with Gasteiger partial charge in [-0.05, 0) is 44.5 Å². The van der Waals surface area contributed by atoms with Crippen LogP contribution >= 0.6 is 0 Å². The molecular formula is C24H30FN7O. The molecule has 1 fully saturated rings. The summed E-state index contributed by atoms with van der Waals surface area (Å²) in [5.41, 5.74) is 3.96. The summed E-state index contributed by atoms with van der Waals surface area (Å²) >= 11 is 0. The fraction of sp³-hybridized carbons (Fsp3) is 0.458. The van der Waals surface area contributed by atoms with Gasteiger partial charge in [-0.3, -0.25) is 0 Å². The molecule has 1 aliphatic rings. The van der Waals surface area contributed by atoms with Gasteiger partial charge in [-0.15, -0.1) is 0 Å². The second kappa shape index (κ2) is 8.30. The number of ether oxygens (including phenoxy) is 1. The van der Waals surface area contributed by atoms with Gasteiger partial charge in [0.15, 0.2) is 23.0 Å². The zero-order valence-electron chi connectivity index (χ0n) is 19.8. The van der Waals surface area contributed by atoms with Crippen molar-refractivity contribution in [2.75, 3.05) is 39.2 Å². The summed E-state index contributed by atoms with van der Waals surface area (Å²) in [6.07, 6.45) is 7.14. The predicted octanol–water partition coefficient (Wildman–Crippen LogP) is 4.07. The number of H-pyrrole nitrogens is 1. The number of rotatable bonds is 5. The summed E-state index contributed by atoms with van der Waals surface area (Å²) in [6, 6.07) is 2.44. The predicted molar refractivity (Wildman–Crippen MR) is 128 cm³/mol. The van der Waals surface area contributed by atoms with E-state index >= 15 is 4.39 Å². The first-order valence-electron chi connectivity index (χ1n) is 11.4. The Morgan fingerprint density at radius 1 is 1.21 bits per heavy atom. The molecule has 8 nitrogen and oxygen atoms in total. The van der Waals surface area contributed by atoms with Crippen LogP contribution in [0.1, 0.15) is 38.2 Å². The zero-order valence-corrected chi connectivity index (χ0v) is 19.8. The largest absolute Gasteiger partial charge is 0.493 e. The lowest BCUT2D eigenvalue weighted by atomic mass is 9.96. The number of hydrogen-bond donors (Lipinski definition) is 1. The molecule has 174 valence electrons. The van der Waals surface area contributed by atoms with Gasteiger partial charge in [0, 0.05) is 36.3 Å². The fourth-order valence-electron chi connectivity index (χ4n) is 4.96. The molecule has 0 atom stereocenters. The minimum absolute atomic E-state index is 0.0930. The van der Waals surface area contributed by atoms with Crippen molar-refractivity contribution in [3.8, 4) is 17.0 Å². The first-order chi connectivity index (χ1) is 15.9. The van der Waals surface area contributed by atoms with Gasteiger partial charge < -0.3 is 19.5 Å². The monoisotopic (exact) mass is 451 g/mol. The Kier molecular flexibility index (Phi) is 5.44. The third-order valence-corrected chi connectivity index (χ3v) is 6.72. The van der Waals surface area contributed by atoms with Crippen LogP contribution in [0.25, 0.3) is 27.8 Å². The molecule has 5 heterocycles. The topological polar surface area (TPSA) is 74.6 Å². The zero-order chi connectivity index (χ0) is 23.3.